The Bertz CT molecular complexity index is 265. The minimum absolute atomic E-state index is 0.0421. The summed E-state index contributed by atoms with van der Waals surface area (Å²) >= 11 is 4.68. The number of hydrogen-bond donors (Lipinski definition) is 2. The number of nitrogens with two attached hydrogens (primary N) is 2. The minimum Gasteiger partial charge on any atom is -0.370 e. The van der Waals surface area contributed by atoms with Gasteiger partial charge in [-0.2, -0.15) is 4.99 Å². The number of halogens is 1. The van der Waals surface area contributed by atoms with Gasteiger partial charge in [0.1, 0.15) is 0 Å². The zero-order valence-corrected chi connectivity index (χ0v) is 8.02. The highest BCUT2D eigenvalue weighted by Gasteiger charge is 1.97. The molecular formula is C5H7BrN4S. The molecule has 11 heavy (non-hydrogen) atoms. The molecule has 4 N–H and O–H groups in total. The van der Waals surface area contributed by atoms with E-state index in [0.29, 0.717) is 5.13 Å². The van der Waals surface area contributed by atoms with E-state index in [9.17, 15) is 0 Å². The second-order valence-electron chi connectivity index (χ2n) is 1.79. The van der Waals surface area contributed by atoms with Crippen molar-refractivity contribution in [2.75, 3.05) is 0 Å². The number of guanidine groups is 1. The molecule has 0 amide bonds. The van der Waals surface area contributed by atoms with Gasteiger partial charge in [0.05, 0.1) is 5.69 Å². The van der Waals surface area contributed by atoms with Crippen LogP contribution in [0.25, 0.3) is 0 Å². The molecule has 0 fully saturated rings. The lowest BCUT2D eigenvalue weighted by Crippen LogP contribution is -2.21. The van der Waals surface area contributed by atoms with Gasteiger partial charge in [0, 0.05) is 10.7 Å². The smallest absolute Gasteiger partial charge is 0.212 e. The Morgan fingerprint density at radius 3 is 2.91 bits per heavy atom. The maximum absolute atomic E-state index is 5.16. The van der Waals surface area contributed by atoms with E-state index >= 15 is 0 Å². The van der Waals surface area contributed by atoms with Crippen LogP contribution in [0, 0.1) is 0 Å². The lowest BCUT2D eigenvalue weighted by Gasteiger charge is -1.85. The molecule has 1 heterocycles. The van der Waals surface area contributed by atoms with E-state index in [-0.39, 0.29) is 5.96 Å². The number of hydrogen-bond acceptors (Lipinski definition) is 3. The second-order valence-corrected chi connectivity index (χ2v) is 3.19. The van der Waals surface area contributed by atoms with E-state index in [1.807, 2.05) is 5.38 Å². The number of thiazole rings is 1. The molecule has 4 nitrogen and oxygen atoms in total. The Labute approximate surface area is 76.5 Å². The summed E-state index contributed by atoms with van der Waals surface area (Å²) in [5, 5.41) is 3.22. The van der Waals surface area contributed by atoms with Crippen LogP contribution in [0.5, 0.6) is 0 Å². The topological polar surface area (TPSA) is 77.3 Å². The Morgan fingerprint density at radius 1 is 1.73 bits per heavy atom. The van der Waals surface area contributed by atoms with Crippen LogP contribution in [0.2, 0.25) is 0 Å². The molecule has 1 rings (SSSR count). The predicted octanol–water partition coefficient (Wildman–Crippen LogP) is 0.943. The van der Waals surface area contributed by atoms with Crippen molar-refractivity contribution >= 4 is 38.4 Å². The van der Waals surface area contributed by atoms with Crippen molar-refractivity contribution in [2.45, 2.75) is 5.33 Å². The first-order chi connectivity index (χ1) is 5.22. The molecule has 0 spiro atoms. The molecule has 60 valence electrons. The molecule has 0 saturated heterocycles. The molecule has 1 aromatic rings. The minimum atomic E-state index is 0.0421. The monoisotopic (exact) mass is 234 g/mol. The van der Waals surface area contributed by atoms with Gasteiger partial charge >= 0.3 is 0 Å². The molecule has 0 radical (unpaired) electrons. The van der Waals surface area contributed by atoms with E-state index in [4.69, 9.17) is 11.5 Å². The Balaban J connectivity index is 2.81. The highest BCUT2D eigenvalue weighted by Crippen LogP contribution is 2.19. The first kappa shape index (κ1) is 8.48. The molecule has 1 aromatic heterocycles. The van der Waals surface area contributed by atoms with Gasteiger partial charge in [0.15, 0.2) is 5.96 Å². The van der Waals surface area contributed by atoms with Crippen LogP contribution in [0.15, 0.2) is 10.4 Å². The van der Waals surface area contributed by atoms with E-state index in [1.54, 1.807) is 0 Å². The number of alkyl halides is 1. The van der Waals surface area contributed by atoms with Crippen molar-refractivity contribution < 1.29 is 0 Å². The maximum atomic E-state index is 5.16. The van der Waals surface area contributed by atoms with Gasteiger partial charge < -0.3 is 11.5 Å². The molecular weight excluding hydrogens is 228 g/mol. The highest BCUT2D eigenvalue weighted by atomic mass is 79.9. The summed E-state index contributed by atoms with van der Waals surface area (Å²) in [5.74, 6) is 0.0421. The van der Waals surface area contributed by atoms with Crippen molar-refractivity contribution in [3.8, 4) is 0 Å². The fraction of sp³-hybridized carbons (Fsp3) is 0.200. The van der Waals surface area contributed by atoms with Gasteiger partial charge in [-0.15, -0.1) is 11.3 Å². The van der Waals surface area contributed by atoms with Gasteiger partial charge in [0.25, 0.3) is 0 Å². The standard InChI is InChI=1S/C5H7BrN4S/c6-1-3-2-11-5(9-3)10-4(7)8/h2H,1H2,(H4,7,8,9,10). The quantitative estimate of drug-likeness (QED) is 0.455. The highest BCUT2D eigenvalue weighted by molar-refractivity contribution is 9.08. The van der Waals surface area contributed by atoms with Crippen molar-refractivity contribution in [1.29, 1.82) is 0 Å². The number of rotatable bonds is 2. The van der Waals surface area contributed by atoms with Crippen molar-refractivity contribution in [3.05, 3.63) is 11.1 Å². The van der Waals surface area contributed by atoms with Crippen molar-refractivity contribution in [1.82, 2.24) is 4.98 Å². The molecule has 0 aliphatic carbocycles. The van der Waals surface area contributed by atoms with Crippen LogP contribution < -0.4 is 11.5 Å². The summed E-state index contributed by atoms with van der Waals surface area (Å²) < 4.78 is 0. The summed E-state index contributed by atoms with van der Waals surface area (Å²) in [4.78, 5) is 7.88. The third-order valence-corrected chi connectivity index (χ3v) is 2.26. The van der Waals surface area contributed by atoms with E-state index in [1.165, 1.54) is 11.3 Å². The predicted molar refractivity (Wildman–Crippen MR) is 50.2 cm³/mol. The van der Waals surface area contributed by atoms with E-state index < -0.39 is 0 Å². The molecule has 0 aliphatic heterocycles. The van der Waals surface area contributed by atoms with Gasteiger partial charge in [-0.3, -0.25) is 0 Å². The van der Waals surface area contributed by atoms with Crippen LogP contribution in [0.3, 0.4) is 0 Å². The van der Waals surface area contributed by atoms with E-state index in [2.05, 4.69) is 25.9 Å². The maximum Gasteiger partial charge on any atom is 0.212 e. The normalized spacial score (nSPS) is 9.55. The largest absolute Gasteiger partial charge is 0.370 e. The first-order valence-corrected chi connectivity index (χ1v) is 4.82. The summed E-state index contributed by atoms with van der Waals surface area (Å²) in [7, 11) is 0. The van der Waals surface area contributed by atoms with Crippen LogP contribution >= 0.6 is 27.3 Å². The lowest BCUT2D eigenvalue weighted by atomic mass is 10.6. The van der Waals surface area contributed by atoms with Crippen LogP contribution in [-0.2, 0) is 5.33 Å². The Morgan fingerprint density at radius 2 is 2.45 bits per heavy atom. The average Bonchev–Trinajstić information content (AvgIpc) is 2.34. The summed E-state index contributed by atoms with van der Waals surface area (Å²) in [6.45, 7) is 0. The molecule has 6 heteroatoms. The zero-order chi connectivity index (χ0) is 8.27. The van der Waals surface area contributed by atoms with Crippen LogP contribution in [0.4, 0.5) is 5.13 Å². The zero-order valence-electron chi connectivity index (χ0n) is 5.62. The molecule has 0 aromatic carbocycles. The second kappa shape index (κ2) is 3.68. The van der Waals surface area contributed by atoms with Gasteiger partial charge in [-0.1, -0.05) is 15.9 Å². The van der Waals surface area contributed by atoms with Gasteiger partial charge in [-0.25, -0.2) is 4.98 Å². The fourth-order valence-corrected chi connectivity index (χ4v) is 1.73. The SMILES string of the molecule is NC(N)=Nc1nc(CBr)cs1. The van der Waals surface area contributed by atoms with Gasteiger partial charge in [-0.05, 0) is 0 Å². The molecule has 0 bridgehead atoms. The van der Waals surface area contributed by atoms with Crippen LogP contribution in [0.1, 0.15) is 5.69 Å². The summed E-state index contributed by atoms with van der Waals surface area (Å²) in [6, 6.07) is 0. The summed E-state index contributed by atoms with van der Waals surface area (Å²) in [6.07, 6.45) is 0. The molecule has 0 atom stereocenters. The molecule has 0 aliphatic rings. The lowest BCUT2D eigenvalue weighted by molar-refractivity contribution is 1.22. The fourth-order valence-electron chi connectivity index (χ4n) is 0.519. The molecule has 0 saturated carbocycles. The van der Waals surface area contributed by atoms with E-state index in [0.717, 1.165) is 11.0 Å². The first-order valence-electron chi connectivity index (χ1n) is 2.82. The average molecular weight is 235 g/mol. The van der Waals surface area contributed by atoms with Crippen molar-refractivity contribution in [2.24, 2.45) is 16.5 Å². The van der Waals surface area contributed by atoms with Gasteiger partial charge in [0.2, 0.25) is 5.13 Å². The van der Waals surface area contributed by atoms with Crippen molar-refractivity contribution in [3.63, 3.8) is 0 Å². The number of nitrogens with zero attached hydrogens (tertiary/aromatic N) is 2. The number of aliphatic imine (C=N–C) groups is 1. The third-order valence-electron chi connectivity index (χ3n) is 0.901. The third kappa shape index (κ3) is 2.47. The Hall–Kier alpha value is -0.620. The Kier molecular flexibility index (Phi) is 2.84. The summed E-state index contributed by atoms with van der Waals surface area (Å²) in [5.41, 5.74) is 11.3. The molecule has 0 unspecified atom stereocenters. The van der Waals surface area contributed by atoms with Crippen LogP contribution in [-0.4, -0.2) is 10.9 Å². The number of aromatic nitrogens is 1.